The van der Waals surface area contributed by atoms with Crippen molar-refractivity contribution in [1.82, 2.24) is 4.57 Å². The van der Waals surface area contributed by atoms with E-state index in [9.17, 15) is 0 Å². The quantitative estimate of drug-likeness (QED) is 0.194. The predicted octanol–water partition coefficient (Wildman–Crippen LogP) is 12.4. The van der Waals surface area contributed by atoms with Crippen molar-refractivity contribution in [3.05, 3.63) is 157 Å². The second kappa shape index (κ2) is 9.42. The van der Waals surface area contributed by atoms with Gasteiger partial charge in [-0.15, -0.1) is 0 Å². The number of anilines is 3. The van der Waals surface area contributed by atoms with Gasteiger partial charge in [-0.2, -0.15) is 0 Å². The Balaban J connectivity index is 1.29. The average molecular weight is 631 g/mol. The Morgan fingerprint density at radius 2 is 1.12 bits per heavy atom. The van der Waals surface area contributed by atoms with Gasteiger partial charge in [0.15, 0.2) is 23.0 Å². The highest BCUT2D eigenvalue weighted by Gasteiger charge is 2.40. The van der Waals surface area contributed by atoms with Crippen molar-refractivity contribution < 1.29 is 9.47 Å². The monoisotopic (exact) mass is 630 g/mol. The maximum Gasteiger partial charge on any atom is 0.155 e. The molecule has 1 aliphatic carbocycles. The topological polar surface area (TPSA) is 26.6 Å². The fraction of sp³-hybridized carbons (Fsp3) is 0.0667. The molecule has 0 saturated carbocycles. The molecule has 2 aliphatic heterocycles. The number of rotatable bonds is 4. The molecule has 4 nitrogen and oxygen atoms in total. The van der Waals surface area contributed by atoms with Crippen LogP contribution in [-0.2, 0) is 5.41 Å². The minimum atomic E-state index is -0.220. The van der Waals surface area contributed by atoms with Crippen LogP contribution in [0.15, 0.2) is 146 Å². The number of hydrogen-bond donors (Lipinski definition) is 0. The fourth-order valence-electron chi connectivity index (χ4n) is 8.74. The molecule has 0 unspecified atom stereocenters. The Hall–Kier alpha value is -6.26. The fourth-order valence-corrected chi connectivity index (χ4v) is 8.74. The summed E-state index contributed by atoms with van der Waals surface area (Å²) >= 11 is 0. The Kier molecular flexibility index (Phi) is 5.15. The average Bonchev–Trinajstić information content (AvgIpc) is 3.62. The Morgan fingerprint density at radius 1 is 0.490 bits per heavy atom. The van der Waals surface area contributed by atoms with Crippen molar-refractivity contribution >= 4 is 38.9 Å². The van der Waals surface area contributed by atoms with Gasteiger partial charge in [0.05, 0.1) is 28.1 Å². The van der Waals surface area contributed by atoms with Crippen LogP contribution in [0.5, 0.6) is 23.0 Å². The van der Waals surface area contributed by atoms with Gasteiger partial charge in [0.1, 0.15) is 5.69 Å². The van der Waals surface area contributed by atoms with Crippen molar-refractivity contribution in [2.24, 2.45) is 0 Å². The van der Waals surface area contributed by atoms with E-state index in [1.807, 2.05) is 18.2 Å². The molecule has 0 fully saturated rings. The third-order valence-electron chi connectivity index (χ3n) is 10.7. The lowest BCUT2D eigenvalue weighted by Gasteiger charge is -2.34. The summed E-state index contributed by atoms with van der Waals surface area (Å²) < 4.78 is 15.6. The van der Waals surface area contributed by atoms with Crippen LogP contribution in [-0.4, -0.2) is 4.57 Å². The molecule has 7 aromatic carbocycles. The minimum absolute atomic E-state index is 0.220. The number of aromatic nitrogens is 1. The largest absolute Gasteiger partial charge is 0.453 e. The minimum Gasteiger partial charge on any atom is -0.453 e. The van der Waals surface area contributed by atoms with Crippen LogP contribution >= 0.6 is 0 Å². The summed E-state index contributed by atoms with van der Waals surface area (Å²) in [6.07, 6.45) is 0. The van der Waals surface area contributed by atoms with Gasteiger partial charge < -0.3 is 14.4 Å². The number of nitrogens with zero attached hydrogens (tertiary/aromatic N) is 2. The van der Waals surface area contributed by atoms with Crippen LogP contribution in [0.3, 0.4) is 0 Å². The molecule has 49 heavy (non-hydrogen) atoms. The molecule has 232 valence electrons. The summed E-state index contributed by atoms with van der Waals surface area (Å²) in [6.45, 7) is 4.73. The second-order valence-electron chi connectivity index (χ2n) is 13.7. The molecule has 0 saturated heterocycles. The number of para-hydroxylation sites is 3. The first-order valence-corrected chi connectivity index (χ1v) is 16.9. The Bertz CT molecular complexity index is 2690. The van der Waals surface area contributed by atoms with E-state index >= 15 is 0 Å². The molecule has 0 N–H and O–H groups in total. The van der Waals surface area contributed by atoms with Gasteiger partial charge in [-0.1, -0.05) is 117 Å². The van der Waals surface area contributed by atoms with Crippen LogP contribution in [0.25, 0.3) is 49.7 Å². The molecular weight excluding hydrogens is 601 g/mol. The SMILES string of the molecule is CC1(C)c2ccccc2-c2cccc(N(c3ccccc3-c3ccccc3)c3ccc4c5c3c3cccc6c3n5-c3c(cccc3O4)O6)c21. The molecule has 0 atom stereocenters. The lowest BCUT2D eigenvalue weighted by Crippen LogP contribution is -2.21. The highest BCUT2D eigenvalue weighted by Crippen LogP contribution is 2.59. The van der Waals surface area contributed by atoms with Gasteiger partial charge in [0.2, 0.25) is 0 Å². The van der Waals surface area contributed by atoms with Crippen LogP contribution in [0, 0.1) is 0 Å². The summed E-state index contributed by atoms with van der Waals surface area (Å²) in [6, 6.07) is 52.0. The molecule has 0 amide bonds. The van der Waals surface area contributed by atoms with E-state index in [2.05, 4.69) is 151 Å². The van der Waals surface area contributed by atoms with Crippen molar-refractivity contribution in [3.8, 4) is 50.9 Å². The van der Waals surface area contributed by atoms with Gasteiger partial charge in [-0.3, -0.25) is 4.57 Å². The van der Waals surface area contributed by atoms with E-state index in [0.29, 0.717) is 0 Å². The van der Waals surface area contributed by atoms with Crippen molar-refractivity contribution in [2.75, 3.05) is 4.90 Å². The van der Waals surface area contributed by atoms with Crippen LogP contribution in [0.2, 0.25) is 0 Å². The maximum absolute atomic E-state index is 6.66. The third kappa shape index (κ3) is 3.42. The van der Waals surface area contributed by atoms with Crippen molar-refractivity contribution in [3.63, 3.8) is 0 Å². The number of hydrogen-bond acceptors (Lipinski definition) is 3. The van der Waals surface area contributed by atoms with Gasteiger partial charge in [-0.05, 0) is 70.3 Å². The molecule has 1 aromatic heterocycles. The van der Waals surface area contributed by atoms with E-state index < -0.39 is 0 Å². The predicted molar refractivity (Wildman–Crippen MR) is 199 cm³/mol. The van der Waals surface area contributed by atoms with E-state index in [4.69, 9.17) is 9.47 Å². The molecule has 3 aliphatic rings. The van der Waals surface area contributed by atoms with Crippen LogP contribution in [0.4, 0.5) is 17.1 Å². The van der Waals surface area contributed by atoms with Gasteiger partial charge >= 0.3 is 0 Å². The number of ether oxygens (including phenoxy) is 2. The molecule has 0 bridgehead atoms. The normalized spacial score (nSPS) is 14.0. The standard InChI is InChI=1S/C45H30N2O2/c1-45(2)32-19-8-6-16-29(32)30-17-10-21-35(41(30)45)46(33-20-9-7-15-28(33)27-13-4-3-5-14-27)34-25-26-39-44-40(34)31-18-11-22-36-42(31)47(44)43-37(48-36)23-12-24-38(43)49-39/h3-26H,1-2H3. The van der Waals surface area contributed by atoms with Gasteiger partial charge in [-0.25, -0.2) is 0 Å². The first-order chi connectivity index (χ1) is 24.1. The highest BCUT2D eigenvalue weighted by molar-refractivity contribution is 6.21. The van der Waals surface area contributed by atoms with E-state index in [-0.39, 0.29) is 5.41 Å². The lowest BCUT2D eigenvalue weighted by atomic mass is 9.81. The molecular formula is C45H30N2O2. The Labute approximate surface area is 284 Å². The van der Waals surface area contributed by atoms with E-state index in [0.717, 1.165) is 61.9 Å². The summed E-state index contributed by atoms with van der Waals surface area (Å²) in [7, 11) is 0. The highest BCUT2D eigenvalue weighted by atomic mass is 16.5. The van der Waals surface area contributed by atoms with Crippen molar-refractivity contribution in [1.29, 1.82) is 0 Å². The maximum atomic E-state index is 6.66. The summed E-state index contributed by atoms with van der Waals surface area (Å²) in [5.41, 5.74) is 13.8. The van der Waals surface area contributed by atoms with Gasteiger partial charge in [0.25, 0.3) is 0 Å². The first-order valence-electron chi connectivity index (χ1n) is 16.9. The summed E-state index contributed by atoms with van der Waals surface area (Å²) in [5.74, 6) is 3.30. The molecule has 0 radical (unpaired) electrons. The summed E-state index contributed by atoms with van der Waals surface area (Å²) in [4.78, 5) is 2.50. The zero-order valence-electron chi connectivity index (χ0n) is 27.1. The second-order valence-corrected chi connectivity index (χ2v) is 13.7. The number of fused-ring (bicyclic) bond motifs is 4. The molecule has 11 rings (SSSR count). The third-order valence-corrected chi connectivity index (χ3v) is 10.7. The van der Waals surface area contributed by atoms with Crippen LogP contribution < -0.4 is 14.4 Å². The zero-order chi connectivity index (χ0) is 32.4. The molecule has 8 aromatic rings. The molecule has 3 heterocycles. The smallest absolute Gasteiger partial charge is 0.155 e. The van der Waals surface area contributed by atoms with Crippen molar-refractivity contribution in [2.45, 2.75) is 19.3 Å². The van der Waals surface area contributed by atoms with Crippen LogP contribution in [0.1, 0.15) is 25.0 Å². The molecule has 4 heteroatoms. The summed E-state index contributed by atoms with van der Waals surface area (Å²) in [5, 5.41) is 2.27. The van der Waals surface area contributed by atoms with E-state index in [1.54, 1.807) is 0 Å². The number of benzene rings is 7. The van der Waals surface area contributed by atoms with Gasteiger partial charge in [0, 0.05) is 21.8 Å². The molecule has 0 spiro atoms. The van der Waals surface area contributed by atoms with E-state index in [1.165, 1.54) is 39.1 Å². The lowest BCUT2D eigenvalue weighted by molar-refractivity contribution is 0.444. The Morgan fingerprint density at radius 3 is 1.96 bits per heavy atom. The zero-order valence-corrected chi connectivity index (χ0v) is 27.1. The first kappa shape index (κ1) is 26.8.